The molecule has 14 heavy (non-hydrogen) atoms. The SMILES string of the molecule is CC(=O)N1CCC1COCCC(N)=O. The third kappa shape index (κ3) is 2.99. The molecule has 0 radical (unpaired) electrons. The molecule has 0 saturated carbocycles. The number of nitrogens with zero attached hydrogens (tertiary/aromatic N) is 1. The van der Waals surface area contributed by atoms with Crippen molar-refractivity contribution in [1.82, 2.24) is 4.90 Å². The summed E-state index contributed by atoms with van der Waals surface area (Å²) in [6.45, 7) is 3.22. The van der Waals surface area contributed by atoms with Crippen molar-refractivity contribution in [3.8, 4) is 0 Å². The molecule has 1 unspecified atom stereocenters. The molecule has 1 atom stereocenters. The van der Waals surface area contributed by atoms with Gasteiger partial charge in [-0.05, 0) is 6.42 Å². The van der Waals surface area contributed by atoms with E-state index in [9.17, 15) is 9.59 Å². The van der Waals surface area contributed by atoms with Crippen LogP contribution in [0, 0.1) is 0 Å². The van der Waals surface area contributed by atoms with Gasteiger partial charge in [0.05, 0.1) is 19.3 Å². The molecule has 1 aliphatic rings. The lowest BCUT2D eigenvalue weighted by Crippen LogP contribution is -2.52. The third-order valence-electron chi connectivity index (χ3n) is 2.35. The molecule has 2 N–H and O–H groups in total. The minimum absolute atomic E-state index is 0.0831. The monoisotopic (exact) mass is 200 g/mol. The molecule has 0 aromatic rings. The van der Waals surface area contributed by atoms with Crippen LogP contribution in [-0.2, 0) is 14.3 Å². The van der Waals surface area contributed by atoms with Gasteiger partial charge in [-0.2, -0.15) is 0 Å². The highest BCUT2D eigenvalue weighted by Gasteiger charge is 2.29. The quantitative estimate of drug-likeness (QED) is 0.608. The number of likely N-dealkylation sites (tertiary alicyclic amines) is 1. The van der Waals surface area contributed by atoms with Gasteiger partial charge in [0.25, 0.3) is 0 Å². The predicted octanol–water partition coefficient (Wildman–Crippen LogP) is -0.501. The summed E-state index contributed by atoms with van der Waals surface area (Å²) in [4.78, 5) is 23.1. The molecule has 1 rings (SSSR count). The van der Waals surface area contributed by atoms with Crippen LogP contribution in [0.3, 0.4) is 0 Å². The third-order valence-corrected chi connectivity index (χ3v) is 2.35. The minimum Gasteiger partial charge on any atom is -0.379 e. The van der Waals surface area contributed by atoms with Crippen LogP contribution >= 0.6 is 0 Å². The van der Waals surface area contributed by atoms with Crippen LogP contribution in [0.15, 0.2) is 0 Å². The standard InChI is InChI=1S/C9H16N2O3/c1-7(12)11-4-2-8(11)6-14-5-3-9(10)13/h8H,2-6H2,1H3,(H2,10,13). The number of ether oxygens (including phenoxy) is 1. The number of hydrogen-bond donors (Lipinski definition) is 1. The maximum atomic E-state index is 11.0. The zero-order valence-electron chi connectivity index (χ0n) is 8.36. The maximum absolute atomic E-state index is 11.0. The van der Waals surface area contributed by atoms with Crippen molar-refractivity contribution in [2.24, 2.45) is 5.73 Å². The Bertz CT molecular complexity index is 230. The van der Waals surface area contributed by atoms with Crippen LogP contribution in [0.2, 0.25) is 0 Å². The van der Waals surface area contributed by atoms with Crippen molar-refractivity contribution in [3.63, 3.8) is 0 Å². The zero-order valence-corrected chi connectivity index (χ0v) is 8.36. The van der Waals surface area contributed by atoms with Crippen molar-refractivity contribution in [2.75, 3.05) is 19.8 Å². The smallest absolute Gasteiger partial charge is 0.219 e. The first kappa shape index (κ1) is 11.0. The van der Waals surface area contributed by atoms with Crippen LogP contribution in [0.5, 0.6) is 0 Å². The van der Waals surface area contributed by atoms with E-state index < -0.39 is 0 Å². The second kappa shape index (κ2) is 4.95. The zero-order chi connectivity index (χ0) is 10.6. The average molecular weight is 200 g/mol. The fraction of sp³-hybridized carbons (Fsp3) is 0.778. The predicted molar refractivity (Wildman–Crippen MR) is 50.4 cm³/mol. The average Bonchev–Trinajstić information content (AvgIpc) is 1.99. The summed E-state index contributed by atoms with van der Waals surface area (Å²) in [5.41, 5.74) is 4.95. The highest BCUT2D eigenvalue weighted by Crippen LogP contribution is 2.17. The van der Waals surface area contributed by atoms with Crippen LogP contribution < -0.4 is 5.73 Å². The van der Waals surface area contributed by atoms with E-state index in [1.165, 1.54) is 0 Å². The Hall–Kier alpha value is -1.10. The molecule has 80 valence electrons. The van der Waals surface area contributed by atoms with E-state index in [1.807, 2.05) is 0 Å². The number of hydrogen-bond acceptors (Lipinski definition) is 3. The fourth-order valence-electron chi connectivity index (χ4n) is 1.42. The summed E-state index contributed by atoms with van der Waals surface area (Å²) in [6, 6.07) is 0.195. The van der Waals surface area contributed by atoms with Crippen molar-refractivity contribution >= 4 is 11.8 Å². The van der Waals surface area contributed by atoms with Crippen molar-refractivity contribution < 1.29 is 14.3 Å². The Kier molecular flexibility index (Phi) is 3.88. The topological polar surface area (TPSA) is 72.6 Å². The molecule has 0 aromatic heterocycles. The Morgan fingerprint density at radius 3 is 2.71 bits per heavy atom. The van der Waals surface area contributed by atoms with Gasteiger partial charge in [0.2, 0.25) is 11.8 Å². The molecule has 5 heteroatoms. The van der Waals surface area contributed by atoms with Crippen molar-refractivity contribution in [2.45, 2.75) is 25.8 Å². The van der Waals surface area contributed by atoms with Gasteiger partial charge >= 0.3 is 0 Å². The second-order valence-electron chi connectivity index (χ2n) is 3.45. The summed E-state index contributed by atoms with van der Waals surface area (Å²) in [7, 11) is 0. The lowest BCUT2D eigenvalue weighted by molar-refractivity contribution is -0.139. The van der Waals surface area contributed by atoms with Gasteiger partial charge in [0.1, 0.15) is 0 Å². The molecule has 0 bridgehead atoms. The Labute approximate surface area is 83.2 Å². The van der Waals surface area contributed by atoms with Gasteiger partial charge in [0, 0.05) is 19.9 Å². The molecule has 1 heterocycles. The Morgan fingerprint density at radius 1 is 1.57 bits per heavy atom. The minimum atomic E-state index is -0.359. The lowest BCUT2D eigenvalue weighted by Gasteiger charge is -2.40. The first-order chi connectivity index (χ1) is 6.61. The molecule has 0 aliphatic carbocycles. The van der Waals surface area contributed by atoms with E-state index in [2.05, 4.69) is 0 Å². The number of nitrogens with two attached hydrogens (primary N) is 1. The van der Waals surface area contributed by atoms with Gasteiger partial charge in [-0.25, -0.2) is 0 Å². The number of carbonyl (C=O) groups excluding carboxylic acids is 2. The van der Waals surface area contributed by atoms with Gasteiger partial charge in [0.15, 0.2) is 0 Å². The molecule has 0 aromatic carbocycles. The summed E-state index contributed by atoms with van der Waals surface area (Å²) in [5.74, 6) is -0.276. The van der Waals surface area contributed by atoms with Gasteiger partial charge in [-0.15, -0.1) is 0 Å². The Balaban J connectivity index is 2.07. The molecular weight excluding hydrogens is 184 g/mol. The van der Waals surface area contributed by atoms with E-state index in [1.54, 1.807) is 11.8 Å². The normalized spacial score (nSPS) is 20.4. The molecule has 1 fully saturated rings. The fourth-order valence-corrected chi connectivity index (χ4v) is 1.42. The van der Waals surface area contributed by atoms with E-state index in [0.29, 0.717) is 13.2 Å². The van der Waals surface area contributed by atoms with Gasteiger partial charge in [-0.1, -0.05) is 0 Å². The summed E-state index contributed by atoms with van der Waals surface area (Å²) < 4.78 is 5.23. The molecule has 1 saturated heterocycles. The number of primary amides is 1. The van der Waals surface area contributed by atoms with E-state index in [4.69, 9.17) is 10.5 Å². The van der Waals surface area contributed by atoms with Crippen LogP contribution in [0.4, 0.5) is 0 Å². The molecular formula is C9H16N2O3. The van der Waals surface area contributed by atoms with Crippen LogP contribution in [0.1, 0.15) is 19.8 Å². The van der Waals surface area contributed by atoms with Crippen molar-refractivity contribution in [3.05, 3.63) is 0 Å². The number of carbonyl (C=O) groups is 2. The molecule has 1 aliphatic heterocycles. The van der Waals surface area contributed by atoms with Crippen molar-refractivity contribution in [1.29, 1.82) is 0 Å². The van der Waals surface area contributed by atoms with Crippen LogP contribution in [-0.4, -0.2) is 42.5 Å². The lowest BCUT2D eigenvalue weighted by atomic mass is 10.0. The first-order valence-corrected chi connectivity index (χ1v) is 4.74. The molecule has 2 amide bonds. The number of amides is 2. The molecule has 0 spiro atoms. The highest BCUT2D eigenvalue weighted by atomic mass is 16.5. The van der Waals surface area contributed by atoms with Crippen LogP contribution in [0.25, 0.3) is 0 Å². The summed E-state index contributed by atoms with van der Waals surface area (Å²) in [6.07, 6.45) is 1.23. The molecule has 5 nitrogen and oxygen atoms in total. The summed E-state index contributed by atoms with van der Waals surface area (Å²) >= 11 is 0. The van der Waals surface area contributed by atoms with E-state index >= 15 is 0 Å². The maximum Gasteiger partial charge on any atom is 0.219 e. The summed E-state index contributed by atoms with van der Waals surface area (Å²) in [5, 5.41) is 0. The first-order valence-electron chi connectivity index (χ1n) is 4.74. The van der Waals surface area contributed by atoms with Gasteiger partial charge < -0.3 is 15.4 Å². The Morgan fingerprint density at radius 2 is 2.29 bits per heavy atom. The van der Waals surface area contributed by atoms with E-state index in [0.717, 1.165) is 13.0 Å². The van der Waals surface area contributed by atoms with Gasteiger partial charge in [-0.3, -0.25) is 9.59 Å². The largest absolute Gasteiger partial charge is 0.379 e. The van der Waals surface area contributed by atoms with E-state index in [-0.39, 0.29) is 24.3 Å². The highest BCUT2D eigenvalue weighted by molar-refractivity contribution is 5.74. The second-order valence-corrected chi connectivity index (χ2v) is 3.45. The number of rotatable bonds is 5.